The third kappa shape index (κ3) is 4.30. The number of fused-ring (bicyclic) bond motifs is 3. The monoisotopic (exact) mass is 485 g/mol. The van der Waals surface area contributed by atoms with Gasteiger partial charge in [0.25, 0.3) is 5.56 Å². The molecule has 0 bridgehead atoms. The standard InChI is InChI=1S/C23H27N5O5S/c1-14(2)8-10-26-21(30)20-16(9-11-34-20)28-22(26)25-27(23(28)31)13-18(29)24-12-15-6-5-7-17(32-3)19(15)33-4/h5-7,9,11,14H,8,10,12-13H2,1-4H3,(H,24,29). The van der Waals surface area contributed by atoms with Crippen molar-refractivity contribution >= 4 is 33.2 Å². The first-order chi connectivity index (χ1) is 16.3. The summed E-state index contributed by atoms with van der Waals surface area (Å²) >= 11 is 1.29. The average Bonchev–Trinajstić information content (AvgIpc) is 3.42. The number of nitrogens with zero attached hydrogens (tertiary/aromatic N) is 4. The van der Waals surface area contributed by atoms with E-state index in [0.29, 0.717) is 34.2 Å². The molecule has 180 valence electrons. The van der Waals surface area contributed by atoms with Crippen molar-refractivity contribution < 1.29 is 14.3 Å². The summed E-state index contributed by atoms with van der Waals surface area (Å²) in [5, 5.41) is 8.93. The number of carbonyl (C=O) groups excluding carboxylic acids is 1. The molecular weight excluding hydrogens is 458 g/mol. The minimum absolute atomic E-state index is 0.176. The van der Waals surface area contributed by atoms with E-state index in [1.165, 1.54) is 27.4 Å². The molecule has 34 heavy (non-hydrogen) atoms. The molecule has 3 aromatic heterocycles. The van der Waals surface area contributed by atoms with Gasteiger partial charge in [0, 0.05) is 18.7 Å². The molecule has 0 aliphatic heterocycles. The van der Waals surface area contributed by atoms with Crippen LogP contribution in [0.25, 0.3) is 16.0 Å². The minimum Gasteiger partial charge on any atom is -0.493 e. The number of para-hydroxylation sites is 1. The number of rotatable bonds is 9. The lowest BCUT2D eigenvalue weighted by Crippen LogP contribution is -2.32. The maximum Gasteiger partial charge on any atom is 0.352 e. The summed E-state index contributed by atoms with van der Waals surface area (Å²) in [5.41, 5.74) is 0.597. The van der Waals surface area contributed by atoms with E-state index in [9.17, 15) is 14.4 Å². The summed E-state index contributed by atoms with van der Waals surface area (Å²) in [4.78, 5) is 38.9. The van der Waals surface area contributed by atoms with Crippen LogP contribution in [0, 0.1) is 5.92 Å². The van der Waals surface area contributed by atoms with E-state index in [2.05, 4.69) is 24.3 Å². The topological polar surface area (TPSA) is 109 Å². The molecule has 0 aliphatic rings. The van der Waals surface area contributed by atoms with E-state index in [1.54, 1.807) is 30.7 Å². The molecule has 4 aromatic rings. The zero-order valence-electron chi connectivity index (χ0n) is 19.5. The highest BCUT2D eigenvalue weighted by Gasteiger charge is 2.20. The molecular formula is C23H27N5O5S. The van der Waals surface area contributed by atoms with E-state index in [4.69, 9.17) is 9.47 Å². The van der Waals surface area contributed by atoms with Gasteiger partial charge < -0.3 is 14.8 Å². The first-order valence-electron chi connectivity index (χ1n) is 10.9. The summed E-state index contributed by atoms with van der Waals surface area (Å²) in [6, 6.07) is 7.12. The third-order valence-electron chi connectivity index (χ3n) is 5.57. The molecule has 0 atom stereocenters. The van der Waals surface area contributed by atoms with Crippen LogP contribution in [-0.2, 0) is 24.4 Å². The third-order valence-corrected chi connectivity index (χ3v) is 6.46. The quantitative estimate of drug-likeness (QED) is 0.390. The largest absolute Gasteiger partial charge is 0.493 e. The predicted molar refractivity (Wildman–Crippen MR) is 130 cm³/mol. The Morgan fingerprint density at radius 3 is 2.68 bits per heavy atom. The van der Waals surface area contributed by atoms with E-state index in [1.807, 2.05) is 6.07 Å². The molecule has 0 saturated heterocycles. The maximum absolute atomic E-state index is 13.2. The predicted octanol–water partition coefficient (Wildman–Crippen LogP) is 2.25. The second kappa shape index (κ2) is 9.72. The number of thiophene rings is 1. The summed E-state index contributed by atoms with van der Waals surface area (Å²) in [7, 11) is 3.07. The molecule has 4 rings (SSSR count). The van der Waals surface area contributed by atoms with Crippen molar-refractivity contribution in [2.75, 3.05) is 14.2 Å². The number of amides is 1. The van der Waals surface area contributed by atoms with Gasteiger partial charge in [-0.1, -0.05) is 26.0 Å². The number of hydrogen-bond acceptors (Lipinski definition) is 7. The normalized spacial score (nSPS) is 11.4. The van der Waals surface area contributed by atoms with Crippen LogP contribution in [0.1, 0.15) is 25.8 Å². The zero-order chi connectivity index (χ0) is 24.4. The molecule has 3 heterocycles. The summed E-state index contributed by atoms with van der Waals surface area (Å²) in [6.45, 7) is 4.48. The van der Waals surface area contributed by atoms with Gasteiger partial charge in [-0.15, -0.1) is 16.4 Å². The van der Waals surface area contributed by atoms with Gasteiger partial charge in [0.1, 0.15) is 11.2 Å². The molecule has 0 aliphatic carbocycles. The van der Waals surface area contributed by atoms with Crippen molar-refractivity contribution in [2.24, 2.45) is 5.92 Å². The molecule has 1 amide bonds. The first kappa shape index (κ1) is 23.6. The van der Waals surface area contributed by atoms with Gasteiger partial charge in [-0.2, -0.15) is 0 Å². The minimum atomic E-state index is -0.467. The number of aromatic nitrogens is 4. The highest BCUT2D eigenvalue weighted by atomic mass is 32.1. The molecule has 0 saturated carbocycles. The Morgan fingerprint density at radius 2 is 1.97 bits per heavy atom. The molecule has 1 aromatic carbocycles. The lowest BCUT2D eigenvalue weighted by Gasteiger charge is -2.13. The second-order valence-electron chi connectivity index (χ2n) is 8.28. The number of nitrogens with one attached hydrogen (secondary N) is 1. The Kier molecular flexibility index (Phi) is 6.73. The van der Waals surface area contributed by atoms with Crippen LogP contribution in [0.4, 0.5) is 0 Å². The summed E-state index contributed by atoms with van der Waals surface area (Å²) < 4.78 is 15.2. The fourth-order valence-electron chi connectivity index (χ4n) is 3.80. The Labute approximate surface area is 199 Å². The number of ether oxygens (including phenoxy) is 2. The van der Waals surface area contributed by atoms with Gasteiger partial charge >= 0.3 is 5.69 Å². The van der Waals surface area contributed by atoms with Crippen LogP contribution < -0.4 is 26.0 Å². The van der Waals surface area contributed by atoms with E-state index in [0.717, 1.165) is 16.7 Å². The first-order valence-corrected chi connectivity index (χ1v) is 11.8. The number of aryl methyl sites for hydroxylation is 1. The van der Waals surface area contributed by atoms with Crippen molar-refractivity contribution in [2.45, 2.75) is 39.9 Å². The molecule has 0 unspecified atom stereocenters. The number of carbonyl (C=O) groups is 1. The fourth-order valence-corrected chi connectivity index (χ4v) is 4.63. The second-order valence-corrected chi connectivity index (χ2v) is 9.20. The van der Waals surface area contributed by atoms with Crippen molar-refractivity contribution in [3.05, 3.63) is 56.0 Å². The number of benzene rings is 1. The summed E-state index contributed by atoms with van der Waals surface area (Å²) in [6.07, 6.45) is 0.760. The van der Waals surface area contributed by atoms with Crippen LogP contribution in [-0.4, -0.2) is 38.9 Å². The molecule has 0 fully saturated rings. The van der Waals surface area contributed by atoms with Gasteiger partial charge in [-0.05, 0) is 29.9 Å². The van der Waals surface area contributed by atoms with Gasteiger partial charge in [-0.3, -0.25) is 14.2 Å². The number of methoxy groups -OCH3 is 2. The van der Waals surface area contributed by atoms with Gasteiger partial charge in [-0.25, -0.2) is 13.9 Å². The highest BCUT2D eigenvalue weighted by molar-refractivity contribution is 7.17. The van der Waals surface area contributed by atoms with Crippen LogP contribution >= 0.6 is 11.3 Å². The summed E-state index contributed by atoms with van der Waals surface area (Å²) in [5.74, 6) is 1.31. The lowest BCUT2D eigenvalue weighted by molar-refractivity contribution is -0.122. The Balaban J connectivity index is 1.64. The van der Waals surface area contributed by atoms with Crippen LogP contribution in [0.5, 0.6) is 11.5 Å². The van der Waals surface area contributed by atoms with E-state index < -0.39 is 11.6 Å². The van der Waals surface area contributed by atoms with Crippen molar-refractivity contribution in [3.63, 3.8) is 0 Å². The molecule has 0 radical (unpaired) electrons. The fraction of sp³-hybridized carbons (Fsp3) is 0.391. The van der Waals surface area contributed by atoms with Crippen molar-refractivity contribution in [1.29, 1.82) is 0 Å². The number of hydrogen-bond donors (Lipinski definition) is 1. The van der Waals surface area contributed by atoms with Crippen LogP contribution in [0.3, 0.4) is 0 Å². The van der Waals surface area contributed by atoms with Crippen molar-refractivity contribution in [1.82, 2.24) is 24.1 Å². The van der Waals surface area contributed by atoms with E-state index in [-0.39, 0.29) is 24.4 Å². The molecule has 1 N–H and O–H groups in total. The van der Waals surface area contributed by atoms with Gasteiger partial charge in [0.05, 0.1) is 19.7 Å². The molecule has 10 nitrogen and oxygen atoms in total. The van der Waals surface area contributed by atoms with E-state index >= 15 is 0 Å². The maximum atomic E-state index is 13.2. The Morgan fingerprint density at radius 1 is 1.18 bits per heavy atom. The average molecular weight is 486 g/mol. The van der Waals surface area contributed by atoms with Gasteiger partial charge in [0.2, 0.25) is 11.7 Å². The van der Waals surface area contributed by atoms with Crippen LogP contribution in [0.2, 0.25) is 0 Å². The highest BCUT2D eigenvalue weighted by Crippen LogP contribution is 2.30. The van der Waals surface area contributed by atoms with Crippen molar-refractivity contribution in [3.8, 4) is 11.5 Å². The molecule has 11 heteroatoms. The lowest BCUT2D eigenvalue weighted by atomic mass is 10.1. The Hall–Kier alpha value is -3.60. The van der Waals surface area contributed by atoms with Crippen LogP contribution in [0.15, 0.2) is 39.2 Å². The smallest absolute Gasteiger partial charge is 0.352 e. The van der Waals surface area contributed by atoms with Gasteiger partial charge in [0.15, 0.2) is 11.5 Å². The Bertz CT molecular complexity index is 1460. The zero-order valence-corrected chi connectivity index (χ0v) is 20.3. The SMILES string of the molecule is COc1cccc(CNC(=O)Cn2nc3n(CCC(C)C)c(=O)c4sccc4n3c2=O)c1OC. The molecule has 0 spiro atoms.